The number of hydrogen-bond acceptors (Lipinski definition) is 5. The van der Waals surface area contributed by atoms with Gasteiger partial charge in [-0.05, 0) is 25.0 Å². The van der Waals surface area contributed by atoms with Crippen LogP contribution in [0.15, 0.2) is 48.5 Å². The van der Waals surface area contributed by atoms with Gasteiger partial charge in [0.05, 0.1) is 5.25 Å². The van der Waals surface area contributed by atoms with Crippen molar-refractivity contribution in [1.82, 2.24) is 14.5 Å². The van der Waals surface area contributed by atoms with Crippen molar-refractivity contribution in [3.8, 4) is 11.3 Å². The van der Waals surface area contributed by atoms with E-state index in [9.17, 15) is 8.42 Å². The molecule has 0 radical (unpaired) electrons. The van der Waals surface area contributed by atoms with E-state index in [1.807, 2.05) is 36.4 Å². The summed E-state index contributed by atoms with van der Waals surface area (Å²) in [6.45, 7) is 2.22. The molecule has 2 aromatic carbocycles. The zero-order valence-electron chi connectivity index (χ0n) is 17.2. The second-order valence-corrected chi connectivity index (χ2v) is 10.9. The van der Waals surface area contributed by atoms with Gasteiger partial charge in [-0.2, -0.15) is 4.31 Å². The zero-order valence-corrected chi connectivity index (χ0v) is 18.8. The van der Waals surface area contributed by atoms with Gasteiger partial charge < -0.3 is 4.90 Å². The summed E-state index contributed by atoms with van der Waals surface area (Å²) in [7, 11) is -3.20. The number of benzene rings is 2. The molecule has 6 nitrogen and oxygen atoms in total. The summed E-state index contributed by atoms with van der Waals surface area (Å²) < 4.78 is 27.6. The van der Waals surface area contributed by atoms with Crippen LogP contribution in [-0.4, -0.2) is 54.3 Å². The standard InChI is InChI=1S/C23H25ClN4O2S/c24-18-11-9-17(10-12-18)22-20-7-3-4-8-21(20)23(26-25-22)27-13-15-28(16-14-27)31(29,30)19-5-1-2-6-19/h3-4,7-12,19H,1-2,5-6,13-16H2. The van der Waals surface area contributed by atoms with Crippen LogP contribution in [0.25, 0.3) is 22.0 Å². The molecule has 8 heteroatoms. The van der Waals surface area contributed by atoms with Gasteiger partial charge >= 0.3 is 0 Å². The Bertz CT molecular complexity index is 1190. The fraction of sp³-hybridized carbons (Fsp3) is 0.391. The van der Waals surface area contributed by atoms with Gasteiger partial charge in [0.1, 0.15) is 5.69 Å². The lowest BCUT2D eigenvalue weighted by atomic mass is 10.0. The normalized spacial score (nSPS) is 18.7. The molecule has 31 heavy (non-hydrogen) atoms. The molecule has 0 spiro atoms. The van der Waals surface area contributed by atoms with Crippen molar-refractivity contribution in [2.75, 3.05) is 31.1 Å². The lowest BCUT2D eigenvalue weighted by Crippen LogP contribution is -2.51. The molecule has 3 aromatic rings. The van der Waals surface area contributed by atoms with E-state index in [1.165, 1.54) is 0 Å². The number of sulfonamides is 1. The molecule has 2 fully saturated rings. The second kappa shape index (κ2) is 8.37. The molecular weight excluding hydrogens is 432 g/mol. The zero-order chi connectivity index (χ0) is 21.4. The Morgan fingerprint density at radius 2 is 1.48 bits per heavy atom. The highest BCUT2D eigenvalue weighted by molar-refractivity contribution is 7.89. The molecule has 2 heterocycles. The summed E-state index contributed by atoms with van der Waals surface area (Å²) in [6.07, 6.45) is 3.63. The third-order valence-corrected chi connectivity index (χ3v) is 9.06. The lowest BCUT2D eigenvalue weighted by molar-refractivity contribution is 0.377. The van der Waals surface area contributed by atoms with Crippen molar-refractivity contribution in [3.05, 3.63) is 53.6 Å². The van der Waals surface area contributed by atoms with Crippen LogP contribution < -0.4 is 4.90 Å². The molecule has 162 valence electrons. The molecule has 1 aromatic heterocycles. The minimum absolute atomic E-state index is 0.196. The topological polar surface area (TPSA) is 66.4 Å². The summed E-state index contributed by atoms with van der Waals surface area (Å²) >= 11 is 6.04. The maximum Gasteiger partial charge on any atom is 0.217 e. The predicted molar refractivity (Wildman–Crippen MR) is 125 cm³/mol. The first kappa shape index (κ1) is 20.7. The Balaban J connectivity index is 1.42. The van der Waals surface area contributed by atoms with Gasteiger partial charge in [-0.3, -0.25) is 0 Å². The van der Waals surface area contributed by atoms with Crippen LogP contribution in [0.3, 0.4) is 0 Å². The second-order valence-electron chi connectivity index (χ2n) is 8.26. The third kappa shape index (κ3) is 3.90. The van der Waals surface area contributed by atoms with Crippen LogP contribution in [0.4, 0.5) is 5.82 Å². The van der Waals surface area contributed by atoms with E-state index >= 15 is 0 Å². The number of aromatic nitrogens is 2. The van der Waals surface area contributed by atoms with E-state index in [4.69, 9.17) is 11.6 Å². The summed E-state index contributed by atoms with van der Waals surface area (Å²) in [4.78, 5) is 2.15. The first-order valence-corrected chi connectivity index (χ1v) is 12.7. The Kier molecular flexibility index (Phi) is 5.58. The molecule has 1 aliphatic heterocycles. The highest BCUT2D eigenvalue weighted by atomic mass is 35.5. The van der Waals surface area contributed by atoms with Crippen LogP contribution in [0.5, 0.6) is 0 Å². The molecule has 0 unspecified atom stereocenters. The Morgan fingerprint density at radius 3 is 2.16 bits per heavy atom. The van der Waals surface area contributed by atoms with Crippen LogP contribution in [0, 0.1) is 0 Å². The predicted octanol–water partition coefficient (Wildman–Crippen LogP) is 4.34. The SMILES string of the molecule is O=S(=O)(C1CCCC1)N1CCN(c2nnc(-c3ccc(Cl)cc3)c3ccccc23)CC1. The van der Waals surface area contributed by atoms with E-state index < -0.39 is 10.0 Å². The van der Waals surface area contributed by atoms with Crippen molar-refractivity contribution in [2.24, 2.45) is 0 Å². The Hall–Kier alpha value is -2.22. The van der Waals surface area contributed by atoms with Gasteiger partial charge in [-0.1, -0.05) is 60.8 Å². The van der Waals surface area contributed by atoms with E-state index in [-0.39, 0.29) is 5.25 Å². The molecule has 1 saturated heterocycles. The number of nitrogens with zero attached hydrogens (tertiary/aromatic N) is 4. The summed E-state index contributed by atoms with van der Waals surface area (Å²) in [5.41, 5.74) is 1.78. The number of fused-ring (bicyclic) bond motifs is 1. The minimum atomic E-state index is -3.20. The van der Waals surface area contributed by atoms with Crippen molar-refractivity contribution in [3.63, 3.8) is 0 Å². The number of piperazine rings is 1. The number of anilines is 1. The lowest BCUT2D eigenvalue weighted by Gasteiger charge is -2.36. The monoisotopic (exact) mass is 456 g/mol. The maximum atomic E-state index is 12.9. The van der Waals surface area contributed by atoms with Crippen LogP contribution >= 0.6 is 11.6 Å². The van der Waals surface area contributed by atoms with Crippen LogP contribution in [0.1, 0.15) is 25.7 Å². The van der Waals surface area contributed by atoms with Gasteiger partial charge in [-0.25, -0.2) is 8.42 Å². The average Bonchev–Trinajstić information content (AvgIpc) is 3.35. The Labute approximate surface area is 187 Å². The smallest absolute Gasteiger partial charge is 0.217 e. The largest absolute Gasteiger partial charge is 0.352 e. The number of halogens is 1. The van der Waals surface area contributed by atoms with Crippen molar-refractivity contribution < 1.29 is 8.42 Å². The molecule has 1 aliphatic carbocycles. The molecule has 1 saturated carbocycles. The Morgan fingerprint density at radius 1 is 0.839 bits per heavy atom. The quantitative estimate of drug-likeness (QED) is 0.584. The van der Waals surface area contributed by atoms with Gasteiger partial charge in [0.25, 0.3) is 0 Å². The van der Waals surface area contributed by atoms with E-state index in [0.717, 1.165) is 53.5 Å². The highest BCUT2D eigenvalue weighted by Gasteiger charge is 2.36. The average molecular weight is 457 g/mol. The van der Waals surface area contributed by atoms with Crippen molar-refractivity contribution in [1.29, 1.82) is 0 Å². The molecule has 0 bridgehead atoms. The fourth-order valence-corrected chi connectivity index (χ4v) is 6.84. The van der Waals surface area contributed by atoms with Gasteiger partial charge in [0, 0.05) is 47.5 Å². The summed E-state index contributed by atoms with van der Waals surface area (Å²) in [5.74, 6) is 0.811. The highest BCUT2D eigenvalue weighted by Crippen LogP contribution is 2.33. The first-order chi connectivity index (χ1) is 15.0. The summed E-state index contributed by atoms with van der Waals surface area (Å²) in [6, 6.07) is 15.7. The molecule has 2 aliphatic rings. The van der Waals surface area contributed by atoms with Crippen LogP contribution in [0.2, 0.25) is 5.02 Å². The van der Waals surface area contributed by atoms with Gasteiger partial charge in [-0.15, -0.1) is 10.2 Å². The molecule has 0 amide bonds. The minimum Gasteiger partial charge on any atom is -0.352 e. The van der Waals surface area contributed by atoms with Crippen molar-refractivity contribution in [2.45, 2.75) is 30.9 Å². The molecule has 5 rings (SSSR count). The third-order valence-electron chi connectivity index (χ3n) is 6.41. The van der Waals surface area contributed by atoms with E-state index in [0.29, 0.717) is 31.2 Å². The fourth-order valence-electron chi connectivity index (χ4n) is 4.70. The van der Waals surface area contributed by atoms with Gasteiger partial charge in [0.2, 0.25) is 10.0 Å². The number of rotatable bonds is 4. The van der Waals surface area contributed by atoms with E-state index in [1.54, 1.807) is 4.31 Å². The maximum absolute atomic E-state index is 12.9. The molecule has 0 N–H and O–H groups in total. The van der Waals surface area contributed by atoms with Crippen LogP contribution in [-0.2, 0) is 10.0 Å². The van der Waals surface area contributed by atoms with Crippen molar-refractivity contribution >= 4 is 38.2 Å². The first-order valence-electron chi connectivity index (χ1n) is 10.8. The molecular formula is C23H25ClN4O2S. The molecule has 0 atom stereocenters. The summed E-state index contributed by atoms with van der Waals surface area (Å²) in [5, 5.41) is 11.6. The van der Waals surface area contributed by atoms with Gasteiger partial charge in [0.15, 0.2) is 5.82 Å². The number of hydrogen-bond donors (Lipinski definition) is 0. The van der Waals surface area contributed by atoms with E-state index in [2.05, 4.69) is 27.2 Å².